The minimum Gasteiger partial charge on any atom is -0.385 e. The average Bonchev–Trinajstić information content (AvgIpc) is 2.69. The lowest BCUT2D eigenvalue weighted by atomic mass is 9.85. The van der Waals surface area contributed by atoms with Gasteiger partial charge in [0.2, 0.25) is 0 Å². The first-order valence-corrected chi connectivity index (χ1v) is 7.27. The van der Waals surface area contributed by atoms with Crippen molar-refractivity contribution < 1.29 is 13.9 Å². The lowest BCUT2D eigenvalue weighted by Crippen LogP contribution is -2.34. The zero-order chi connectivity index (χ0) is 12.8. The molecule has 2 aliphatic heterocycles. The van der Waals surface area contributed by atoms with Gasteiger partial charge >= 0.3 is 0 Å². The smallest absolute Gasteiger partial charge is 0.263 e. The minimum atomic E-state index is -2.44. The summed E-state index contributed by atoms with van der Waals surface area (Å²) in [6, 6.07) is 6.19. The molecule has 1 aromatic carbocycles. The van der Waals surface area contributed by atoms with Crippen LogP contribution in [0.4, 0.5) is 8.78 Å². The summed E-state index contributed by atoms with van der Waals surface area (Å²) in [6.45, 7) is 0. The first-order valence-electron chi connectivity index (χ1n) is 6.33. The van der Waals surface area contributed by atoms with Gasteiger partial charge in [-0.1, -0.05) is 24.3 Å². The summed E-state index contributed by atoms with van der Waals surface area (Å²) in [6.07, 6.45) is 1.41. The van der Waals surface area contributed by atoms with E-state index < -0.39 is 12.0 Å². The molecule has 2 bridgehead atoms. The van der Waals surface area contributed by atoms with Gasteiger partial charge in [-0.15, -0.1) is 0 Å². The van der Waals surface area contributed by atoms with Gasteiger partial charge < -0.3 is 5.11 Å². The van der Waals surface area contributed by atoms with Crippen molar-refractivity contribution in [3.8, 4) is 0 Å². The van der Waals surface area contributed by atoms with Gasteiger partial charge in [-0.3, -0.25) is 0 Å². The van der Waals surface area contributed by atoms with E-state index in [4.69, 9.17) is 0 Å². The van der Waals surface area contributed by atoms with E-state index in [1.54, 1.807) is 12.1 Å². The zero-order valence-corrected chi connectivity index (χ0v) is 10.8. The fourth-order valence-corrected chi connectivity index (χ4v) is 4.92. The van der Waals surface area contributed by atoms with Gasteiger partial charge in [0.25, 0.3) is 6.43 Å². The second kappa shape index (κ2) is 4.49. The maximum absolute atomic E-state index is 12.5. The molecule has 2 unspecified atom stereocenters. The number of benzene rings is 1. The molecule has 4 heteroatoms. The highest BCUT2D eigenvalue weighted by Crippen LogP contribution is 2.51. The Labute approximate surface area is 110 Å². The third-order valence-corrected chi connectivity index (χ3v) is 5.60. The summed E-state index contributed by atoms with van der Waals surface area (Å²) in [5.74, 6) is 0. The fourth-order valence-electron chi connectivity index (χ4n) is 3.09. The molecule has 0 amide bonds. The first-order chi connectivity index (χ1) is 8.57. The van der Waals surface area contributed by atoms with Gasteiger partial charge in [0.05, 0.1) is 5.60 Å². The van der Waals surface area contributed by atoms with Crippen LogP contribution in [-0.2, 0) is 5.60 Å². The molecule has 3 rings (SSSR count). The van der Waals surface area contributed by atoms with E-state index in [2.05, 4.69) is 0 Å². The summed E-state index contributed by atoms with van der Waals surface area (Å²) in [5.41, 5.74) is 0.0113. The summed E-state index contributed by atoms with van der Waals surface area (Å²) in [5, 5.41) is 11.8. The molecule has 0 aromatic heterocycles. The van der Waals surface area contributed by atoms with E-state index in [0.29, 0.717) is 10.5 Å². The lowest BCUT2D eigenvalue weighted by molar-refractivity contribution is 0.0195. The third kappa shape index (κ3) is 2.16. The number of hydrogen-bond donors (Lipinski definition) is 1. The molecule has 2 aliphatic rings. The number of halogens is 2. The summed E-state index contributed by atoms with van der Waals surface area (Å²) in [7, 11) is 0. The Hall–Kier alpha value is -0.610. The highest BCUT2D eigenvalue weighted by molar-refractivity contribution is 8.00. The van der Waals surface area contributed by atoms with Crippen LogP contribution in [-0.4, -0.2) is 15.6 Å². The van der Waals surface area contributed by atoms with E-state index in [0.717, 1.165) is 18.4 Å². The van der Waals surface area contributed by atoms with E-state index in [-0.39, 0.29) is 5.56 Å². The van der Waals surface area contributed by atoms with Crippen molar-refractivity contribution in [2.75, 3.05) is 0 Å². The second-order valence-electron chi connectivity index (χ2n) is 5.32. The quantitative estimate of drug-likeness (QED) is 0.880. The van der Waals surface area contributed by atoms with Gasteiger partial charge in [-0.25, -0.2) is 8.78 Å². The molecule has 1 N–H and O–H groups in total. The Morgan fingerprint density at radius 1 is 1.11 bits per heavy atom. The maximum atomic E-state index is 12.5. The molecule has 0 saturated carbocycles. The maximum Gasteiger partial charge on any atom is 0.263 e. The Kier molecular flexibility index (Phi) is 3.10. The number of rotatable bonds is 2. The average molecular weight is 270 g/mol. The van der Waals surface area contributed by atoms with Gasteiger partial charge in [-0.2, -0.15) is 11.8 Å². The van der Waals surface area contributed by atoms with Gasteiger partial charge in [0, 0.05) is 16.1 Å². The Morgan fingerprint density at radius 3 is 2.17 bits per heavy atom. The molecule has 1 aromatic rings. The van der Waals surface area contributed by atoms with Crippen LogP contribution in [0, 0.1) is 0 Å². The number of aliphatic hydroxyl groups is 1. The number of alkyl halides is 2. The van der Waals surface area contributed by atoms with Crippen molar-refractivity contribution >= 4 is 11.8 Å². The van der Waals surface area contributed by atoms with Crippen LogP contribution >= 0.6 is 11.8 Å². The molecule has 2 heterocycles. The predicted octanol–water partition coefficient (Wildman–Crippen LogP) is 3.87. The molecule has 0 aliphatic carbocycles. The largest absolute Gasteiger partial charge is 0.385 e. The van der Waals surface area contributed by atoms with Crippen molar-refractivity contribution in [2.45, 2.75) is 48.2 Å². The second-order valence-corrected chi connectivity index (χ2v) is 6.93. The number of fused-ring (bicyclic) bond motifs is 2. The Bertz CT molecular complexity index is 420. The van der Waals surface area contributed by atoms with Crippen LogP contribution in [0.5, 0.6) is 0 Å². The van der Waals surface area contributed by atoms with E-state index in [1.165, 1.54) is 25.0 Å². The third-order valence-electron chi connectivity index (χ3n) is 4.03. The van der Waals surface area contributed by atoms with Gasteiger partial charge in [0.15, 0.2) is 0 Å². The molecular formula is C14H16F2OS. The van der Waals surface area contributed by atoms with Gasteiger partial charge in [0.1, 0.15) is 0 Å². The molecule has 0 spiro atoms. The van der Waals surface area contributed by atoms with Crippen molar-refractivity contribution in [3.63, 3.8) is 0 Å². The molecule has 98 valence electrons. The van der Waals surface area contributed by atoms with Crippen molar-refractivity contribution in [1.29, 1.82) is 0 Å². The molecule has 2 saturated heterocycles. The van der Waals surface area contributed by atoms with Crippen molar-refractivity contribution in [3.05, 3.63) is 35.4 Å². The van der Waals surface area contributed by atoms with Crippen molar-refractivity contribution in [2.24, 2.45) is 0 Å². The normalized spacial score (nSPS) is 35.1. The monoisotopic (exact) mass is 270 g/mol. The molecule has 1 nitrogen and oxygen atoms in total. The highest BCUT2D eigenvalue weighted by atomic mass is 32.2. The zero-order valence-electron chi connectivity index (χ0n) is 9.98. The fraction of sp³-hybridized carbons (Fsp3) is 0.571. The summed E-state index contributed by atoms with van der Waals surface area (Å²) < 4.78 is 25.0. The highest BCUT2D eigenvalue weighted by Gasteiger charge is 2.44. The van der Waals surface area contributed by atoms with Crippen molar-refractivity contribution in [1.82, 2.24) is 0 Å². The Balaban J connectivity index is 1.85. The predicted molar refractivity (Wildman–Crippen MR) is 68.9 cm³/mol. The topological polar surface area (TPSA) is 20.2 Å². The molecule has 0 radical (unpaired) electrons. The number of hydrogen-bond acceptors (Lipinski definition) is 2. The minimum absolute atomic E-state index is 0.0236. The number of thioether (sulfide) groups is 1. The summed E-state index contributed by atoms with van der Waals surface area (Å²) >= 11 is 1.98. The van der Waals surface area contributed by atoms with Crippen LogP contribution < -0.4 is 0 Å². The summed E-state index contributed by atoms with van der Waals surface area (Å²) in [4.78, 5) is 0. The standard InChI is InChI=1S/C14H16F2OS/c15-13(16)9-1-3-10(4-2-9)14(17)7-11-5-6-12(8-14)18-11/h1-4,11-13,17H,5-8H2. The lowest BCUT2D eigenvalue weighted by Gasteiger charge is -2.36. The first kappa shape index (κ1) is 12.4. The molecule has 18 heavy (non-hydrogen) atoms. The molecular weight excluding hydrogens is 254 g/mol. The van der Waals surface area contributed by atoms with Crippen LogP contribution in [0.15, 0.2) is 24.3 Å². The van der Waals surface area contributed by atoms with E-state index in [1.807, 2.05) is 11.8 Å². The SMILES string of the molecule is OC1(c2ccc(C(F)F)cc2)CC2CCC(C1)S2. The van der Waals surface area contributed by atoms with Gasteiger partial charge in [-0.05, 0) is 31.2 Å². The van der Waals surface area contributed by atoms with E-state index >= 15 is 0 Å². The van der Waals surface area contributed by atoms with E-state index in [9.17, 15) is 13.9 Å². The molecule has 2 atom stereocenters. The van der Waals surface area contributed by atoms with Crippen LogP contribution in [0.2, 0.25) is 0 Å². The molecule has 2 fully saturated rings. The van der Waals surface area contributed by atoms with Crippen LogP contribution in [0.1, 0.15) is 43.2 Å². The van der Waals surface area contributed by atoms with Crippen LogP contribution in [0.25, 0.3) is 0 Å². The Morgan fingerprint density at radius 2 is 1.67 bits per heavy atom. The van der Waals surface area contributed by atoms with Crippen LogP contribution in [0.3, 0.4) is 0 Å².